The van der Waals surface area contributed by atoms with Gasteiger partial charge in [-0.3, -0.25) is 4.79 Å². The van der Waals surface area contributed by atoms with Crippen LogP contribution in [0.25, 0.3) is 11.0 Å². The minimum atomic E-state index is -0.0998. The third-order valence-corrected chi connectivity index (χ3v) is 4.29. The van der Waals surface area contributed by atoms with Crippen LogP contribution >= 0.6 is 28.3 Å². The average Bonchev–Trinajstić information content (AvgIpc) is 2.81. The van der Waals surface area contributed by atoms with Gasteiger partial charge in [0.15, 0.2) is 0 Å². The maximum Gasteiger partial charge on any atom is 0.221 e. The first-order valence-electron chi connectivity index (χ1n) is 7.00. The quantitative estimate of drug-likeness (QED) is 0.738. The number of fused-ring (bicyclic) bond motifs is 1. The van der Waals surface area contributed by atoms with E-state index in [-0.39, 0.29) is 24.4 Å². The molecular weight excluding hydrogens is 370 g/mol. The molecule has 0 saturated carbocycles. The van der Waals surface area contributed by atoms with Crippen LogP contribution in [0.5, 0.6) is 0 Å². The molecule has 1 saturated heterocycles. The highest BCUT2D eigenvalue weighted by Gasteiger charge is 2.23. The van der Waals surface area contributed by atoms with Crippen molar-refractivity contribution in [2.24, 2.45) is 5.73 Å². The summed E-state index contributed by atoms with van der Waals surface area (Å²) in [4.78, 5) is 21.1. The van der Waals surface area contributed by atoms with Crippen LogP contribution in [0.3, 0.4) is 0 Å². The average molecular weight is 389 g/mol. The number of carbonyl (C=O) groups excluding carboxylic acids is 1. The predicted molar refractivity (Wildman–Crippen MR) is 94.8 cm³/mol. The number of hydrogen-bond donors (Lipinski definition) is 3. The third-order valence-electron chi connectivity index (χ3n) is 3.71. The van der Waals surface area contributed by atoms with Crippen molar-refractivity contribution in [3.8, 4) is 0 Å². The van der Waals surface area contributed by atoms with Gasteiger partial charge < -0.3 is 20.9 Å². The van der Waals surface area contributed by atoms with Crippen LogP contribution in [0.2, 0.25) is 0 Å². The summed E-state index contributed by atoms with van der Waals surface area (Å²) in [6, 6.07) is 0.178. The van der Waals surface area contributed by atoms with Crippen molar-refractivity contribution < 1.29 is 4.79 Å². The Labute approximate surface area is 143 Å². The lowest BCUT2D eigenvalue weighted by Crippen LogP contribution is -2.43. The molecule has 1 amide bonds. The number of nitrogens with one attached hydrogen (secondary N) is 2. The number of hydrogen-bond acceptors (Lipinski definition) is 4. The second kappa shape index (κ2) is 6.85. The zero-order valence-corrected chi connectivity index (χ0v) is 14.6. The summed E-state index contributed by atoms with van der Waals surface area (Å²) in [6.07, 6.45) is 5.68. The lowest BCUT2D eigenvalue weighted by atomic mass is 10.1. The molecule has 3 rings (SSSR count). The van der Waals surface area contributed by atoms with E-state index in [0.29, 0.717) is 0 Å². The van der Waals surface area contributed by atoms with E-state index in [9.17, 15) is 4.79 Å². The van der Waals surface area contributed by atoms with Crippen molar-refractivity contribution in [3.05, 3.63) is 16.9 Å². The lowest BCUT2D eigenvalue weighted by molar-refractivity contribution is -0.114. The second-order valence-corrected chi connectivity index (χ2v) is 6.26. The van der Waals surface area contributed by atoms with E-state index >= 15 is 0 Å². The van der Waals surface area contributed by atoms with Crippen molar-refractivity contribution in [2.75, 3.05) is 23.3 Å². The summed E-state index contributed by atoms with van der Waals surface area (Å²) >= 11 is 3.59. The van der Waals surface area contributed by atoms with Gasteiger partial charge in [-0.25, -0.2) is 4.98 Å². The minimum Gasteiger partial charge on any atom is -0.368 e. The van der Waals surface area contributed by atoms with Crippen molar-refractivity contribution in [2.45, 2.75) is 25.8 Å². The fourth-order valence-corrected chi connectivity index (χ4v) is 3.42. The molecule has 2 aromatic rings. The molecule has 0 aliphatic carbocycles. The van der Waals surface area contributed by atoms with E-state index in [2.05, 4.69) is 36.1 Å². The Kier molecular flexibility index (Phi) is 5.31. The number of pyridine rings is 1. The fraction of sp³-hybridized carbons (Fsp3) is 0.429. The van der Waals surface area contributed by atoms with Gasteiger partial charge in [0, 0.05) is 38.4 Å². The molecule has 120 valence electrons. The molecule has 1 aliphatic rings. The van der Waals surface area contributed by atoms with Crippen LogP contribution in [0.15, 0.2) is 16.9 Å². The van der Waals surface area contributed by atoms with Crippen LogP contribution in [0, 0.1) is 0 Å². The van der Waals surface area contributed by atoms with E-state index in [1.165, 1.54) is 6.92 Å². The molecule has 1 atom stereocenters. The molecule has 22 heavy (non-hydrogen) atoms. The van der Waals surface area contributed by atoms with Crippen molar-refractivity contribution in [3.63, 3.8) is 0 Å². The summed E-state index contributed by atoms with van der Waals surface area (Å²) in [5.41, 5.74) is 8.65. The van der Waals surface area contributed by atoms with Crippen molar-refractivity contribution in [1.29, 1.82) is 0 Å². The van der Waals surface area contributed by atoms with E-state index in [1.54, 1.807) is 12.4 Å². The van der Waals surface area contributed by atoms with Gasteiger partial charge in [-0.05, 0) is 28.8 Å². The number of rotatable bonds is 2. The fourth-order valence-electron chi connectivity index (χ4n) is 2.87. The zero-order chi connectivity index (χ0) is 15.0. The molecule has 0 bridgehead atoms. The van der Waals surface area contributed by atoms with Crippen molar-refractivity contribution in [1.82, 2.24) is 9.97 Å². The van der Waals surface area contributed by atoms with Gasteiger partial charge >= 0.3 is 0 Å². The first-order chi connectivity index (χ1) is 10.1. The van der Waals surface area contributed by atoms with Crippen LogP contribution in [-0.2, 0) is 4.79 Å². The number of anilines is 2. The normalized spacial score (nSPS) is 18.1. The summed E-state index contributed by atoms with van der Waals surface area (Å²) in [5.74, 6) is -0.0998. The molecule has 3 heterocycles. The Hall–Kier alpha value is -1.31. The van der Waals surface area contributed by atoms with E-state index in [0.717, 1.165) is 52.8 Å². The highest BCUT2D eigenvalue weighted by molar-refractivity contribution is 9.10. The molecule has 0 radical (unpaired) electrons. The summed E-state index contributed by atoms with van der Waals surface area (Å²) in [7, 11) is 0. The number of nitrogens with zero attached hydrogens (tertiary/aromatic N) is 2. The molecule has 6 nitrogen and oxygen atoms in total. The summed E-state index contributed by atoms with van der Waals surface area (Å²) in [5, 5.41) is 3.78. The maximum atomic E-state index is 11.4. The largest absolute Gasteiger partial charge is 0.368 e. The smallest absolute Gasteiger partial charge is 0.221 e. The molecule has 0 aromatic carbocycles. The Balaban J connectivity index is 0.00000176. The molecule has 2 aromatic heterocycles. The van der Waals surface area contributed by atoms with E-state index in [1.807, 2.05) is 0 Å². The number of aromatic amines is 1. The van der Waals surface area contributed by atoms with Gasteiger partial charge in [0.1, 0.15) is 5.65 Å². The summed E-state index contributed by atoms with van der Waals surface area (Å²) in [6.45, 7) is 3.26. The van der Waals surface area contributed by atoms with E-state index < -0.39 is 0 Å². The molecule has 4 N–H and O–H groups in total. The van der Waals surface area contributed by atoms with Crippen LogP contribution in [0.4, 0.5) is 11.4 Å². The molecular formula is C14H19BrClN5O. The van der Waals surface area contributed by atoms with Gasteiger partial charge in [0.05, 0.1) is 21.2 Å². The Morgan fingerprint density at radius 1 is 1.59 bits per heavy atom. The SMILES string of the molecule is CC(=O)Nc1c[nH]c2ncc(Br)c(N3CCCC(N)C3)c12.Cl. The molecule has 0 spiro atoms. The van der Waals surface area contributed by atoms with E-state index in [4.69, 9.17) is 5.73 Å². The third kappa shape index (κ3) is 3.21. The minimum absolute atomic E-state index is 0. The highest BCUT2D eigenvalue weighted by Crippen LogP contribution is 2.38. The van der Waals surface area contributed by atoms with Crippen LogP contribution in [-0.4, -0.2) is 35.0 Å². The summed E-state index contributed by atoms with van der Waals surface area (Å²) < 4.78 is 0.912. The topological polar surface area (TPSA) is 87.0 Å². The predicted octanol–water partition coefficient (Wildman–Crippen LogP) is 2.63. The number of aromatic nitrogens is 2. The van der Waals surface area contributed by atoms with Crippen LogP contribution < -0.4 is 16.0 Å². The van der Waals surface area contributed by atoms with Gasteiger partial charge in [-0.15, -0.1) is 12.4 Å². The Morgan fingerprint density at radius 3 is 3.05 bits per heavy atom. The number of H-pyrrole nitrogens is 1. The number of halogens is 2. The van der Waals surface area contributed by atoms with Crippen molar-refractivity contribution >= 4 is 56.7 Å². The maximum absolute atomic E-state index is 11.4. The van der Waals surface area contributed by atoms with Gasteiger partial charge in [0.2, 0.25) is 5.91 Å². The molecule has 1 fully saturated rings. The van der Waals surface area contributed by atoms with Gasteiger partial charge in [0.25, 0.3) is 0 Å². The first-order valence-corrected chi connectivity index (χ1v) is 7.79. The molecule has 1 unspecified atom stereocenters. The number of piperidine rings is 1. The number of carbonyl (C=O) groups is 1. The Morgan fingerprint density at radius 2 is 2.36 bits per heavy atom. The van der Waals surface area contributed by atoms with Crippen LogP contribution in [0.1, 0.15) is 19.8 Å². The van der Waals surface area contributed by atoms with Gasteiger partial charge in [-0.2, -0.15) is 0 Å². The lowest BCUT2D eigenvalue weighted by Gasteiger charge is -2.33. The zero-order valence-electron chi connectivity index (χ0n) is 12.2. The monoisotopic (exact) mass is 387 g/mol. The molecule has 8 heteroatoms. The number of nitrogens with two attached hydrogens (primary N) is 1. The van der Waals surface area contributed by atoms with Gasteiger partial charge in [-0.1, -0.05) is 0 Å². The highest BCUT2D eigenvalue weighted by atomic mass is 79.9. The molecule has 1 aliphatic heterocycles. The Bertz CT molecular complexity index is 689. The standard InChI is InChI=1S/C14H18BrN5O.ClH/c1-8(21)19-11-6-18-14-12(11)13(10(15)5-17-14)20-4-2-3-9(16)7-20;/h5-6,9H,2-4,7,16H2,1H3,(H,17,18)(H,19,21);1H. The number of amides is 1. The second-order valence-electron chi connectivity index (χ2n) is 5.41. The first kappa shape index (κ1) is 17.1.